The number of nitrogens with zero attached hydrogens (tertiary/aromatic N) is 2. The van der Waals surface area contributed by atoms with Crippen molar-refractivity contribution in [2.45, 2.75) is 77.9 Å². The molecule has 8 rings (SSSR count). The normalized spacial score (nSPS) is 13.5. The minimum atomic E-state index is -1.35. The Morgan fingerprint density at radius 1 is 0.750 bits per heavy atom. The first-order valence-electron chi connectivity index (χ1n) is 18.4. The van der Waals surface area contributed by atoms with Crippen LogP contribution in [0, 0.1) is 18.1 Å². The van der Waals surface area contributed by atoms with E-state index in [0.717, 1.165) is 55.9 Å². The number of fused-ring (bicyclic) bond motifs is 3. The molecule has 7 aromatic rings. The zero-order valence-electron chi connectivity index (χ0n) is 31.2. The third-order valence-corrected chi connectivity index (χ3v) is 12.3. The van der Waals surface area contributed by atoms with Crippen LogP contribution >= 0.6 is 0 Å². The summed E-state index contributed by atoms with van der Waals surface area (Å²) in [5.74, 6) is 0.880. The van der Waals surface area contributed by atoms with E-state index in [1.165, 1.54) is 43.2 Å². The fourth-order valence-corrected chi connectivity index (χ4v) is 8.93. The molecule has 0 aliphatic heterocycles. The Balaban J connectivity index is 0.000000182. The Labute approximate surface area is 324 Å². The summed E-state index contributed by atoms with van der Waals surface area (Å²) >= 11 is 0. The van der Waals surface area contributed by atoms with Gasteiger partial charge in [0.1, 0.15) is 5.58 Å². The summed E-state index contributed by atoms with van der Waals surface area (Å²) in [4.78, 5) is 9.37. The number of aromatic nitrogens is 2. The maximum atomic E-state index is 6.35. The van der Waals surface area contributed by atoms with Gasteiger partial charge in [-0.25, -0.2) is 0 Å². The van der Waals surface area contributed by atoms with E-state index in [9.17, 15) is 0 Å². The molecule has 0 atom stereocenters. The maximum Gasteiger partial charge on any atom is 0.121 e. The van der Waals surface area contributed by atoms with Crippen LogP contribution in [0.25, 0.3) is 55.6 Å². The second-order valence-corrected chi connectivity index (χ2v) is 21.1. The Bertz CT molecular complexity index is 2260. The van der Waals surface area contributed by atoms with Gasteiger partial charge in [0, 0.05) is 37.9 Å². The number of rotatable bonds is 6. The summed E-state index contributed by atoms with van der Waals surface area (Å²) in [5, 5.41) is 3.75. The van der Waals surface area contributed by atoms with Crippen LogP contribution in [0.5, 0.6) is 0 Å². The minimum Gasteiger partial charge on any atom is -0.501 e. The summed E-state index contributed by atoms with van der Waals surface area (Å²) in [6.07, 6.45) is 10.9. The third-order valence-electron chi connectivity index (χ3n) is 10.2. The van der Waals surface area contributed by atoms with Crippen molar-refractivity contribution in [3.8, 4) is 33.6 Å². The van der Waals surface area contributed by atoms with Crippen molar-refractivity contribution in [2.75, 3.05) is 0 Å². The van der Waals surface area contributed by atoms with E-state index < -0.39 is 8.07 Å². The maximum absolute atomic E-state index is 6.35. The molecule has 1 aliphatic carbocycles. The van der Waals surface area contributed by atoms with Gasteiger partial charge >= 0.3 is 0 Å². The molecule has 0 saturated heterocycles. The summed E-state index contributed by atoms with van der Waals surface area (Å²) in [6, 6.07) is 42.2. The fourth-order valence-electron chi connectivity index (χ4n) is 7.34. The second-order valence-electron chi connectivity index (χ2n) is 16.1. The zero-order valence-corrected chi connectivity index (χ0v) is 34.6. The molecule has 0 spiro atoms. The van der Waals surface area contributed by atoms with Crippen LogP contribution < -0.4 is 5.19 Å². The molecular weight excluding hydrogens is 829 g/mol. The van der Waals surface area contributed by atoms with E-state index in [1.54, 1.807) is 10.8 Å². The van der Waals surface area contributed by atoms with Gasteiger partial charge in [0.2, 0.25) is 0 Å². The molecule has 3 heterocycles. The minimum absolute atomic E-state index is 0. The van der Waals surface area contributed by atoms with Crippen molar-refractivity contribution in [1.29, 1.82) is 0 Å². The molecule has 3 nitrogen and oxygen atoms in total. The molecule has 1 saturated carbocycles. The Morgan fingerprint density at radius 3 is 2.23 bits per heavy atom. The van der Waals surface area contributed by atoms with Gasteiger partial charge < -0.3 is 14.4 Å². The smallest absolute Gasteiger partial charge is 0.121 e. The first-order chi connectivity index (χ1) is 24.5. The van der Waals surface area contributed by atoms with Crippen molar-refractivity contribution in [3.63, 3.8) is 0 Å². The largest absolute Gasteiger partial charge is 0.501 e. The predicted molar refractivity (Wildman–Crippen MR) is 217 cm³/mol. The van der Waals surface area contributed by atoms with Crippen molar-refractivity contribution >= 4 is 35.2 Å². The quantitative estimate of drug-likeness (QED) is 0.123. The van der Waals surface area contributed by atoms with E-state index >= 15 is 0 Å². The molecule has 1 radical (unpaired) electrons. The Morgan fingerprint density at radius 2 is 1.52 bits per heavy atom. The zero-order chi connectivity index (χ0) is 35.6. The van der Waals surface area contributed by atoms with Crippen molar-refractivity contribution < 1.29 is 24.5 Å². The number of furan rings is 1. The average Bonchev–Trinajstić information content (AvgIpc) is 3.79. The van der Waals surface area contributed by atoms with Crippen LogP contribution in [0.3, 0.4) is 0 Å². The number of benzene rings is 4. The first kappa shape index (κ1) is 37.6. The molecule has 3 aromatic heterocycles. The molecule has 267 valence electrons. The van der Waals surface area contributed by atoms with Gasteiger partial charge in [-0.15, -0.1) is 54.1 Å². The number of pyridine rings is 2. The van der Waals surface area contributed by atoms with Gasteiger partial charge in [0.05, 0.1) is 13.7 Å². The topological polar surface area (TPSA) is 38.9 Å². The van der Waals surface area contributed by atoms with Gasteiger partial charge in [-0.3, -0.25) is 0 Å². The molecule has 1 fully saturated rings. The summed E-state index contributed by atoms with van der Waals surface area (Å²) in [6.45, 7) is 13.9. The van der Waals surface area contributed by atoms with Crippen LogP contribution in [0.2, 0.25) is 19.6 Å². The molecule has 4 aromatic carbocycles. The molecule has 0 bridgehead atoms. The predicted octanol–water partition coefficient (Wildman–Crippen LogP) is 12.2. The van der Waals surface area contributed by atoms with Crippen LogP contribution in [-0.2, 0) is 31.9 Å². The van der Waals surface area contributed by atoms with Crippen LogP contribution in [0.4, 0.5) is 0 Å². The molecule has 0 amide bonds. The van der Waals surface area contributed by atoms with Crippen LogP contribution in [0.15, 0.2) is 120 Å². The number of hydrogen-bond donors (Lipinski definition) is 0. The molecule has 5 heteroatoms. The van der Waals surface area contributed by atoms with E-state index in [-0.39, 0.29) is 25.5 Å². The van der Waals surface area contributed by atoms with E-state index in [1.807, 2.05) is 30.5 Å². The van der Waals surface area contributed by atoms with Gasteiger partial charge in [0.15, 0.2) is 0 Å². The summed E-state index contributed by atoms with van der Waals surface area (Å²) < 4.78 is 6.35. The first-order valence-corrected chi connectivity index (χ1v) is 21.9. The summed E-state index contributed by atoms with van der Waals surface area (Å²) in [7, 11) is -1.35. The van der Waals surface area contributed by atoms with Gasteiger partial charge in [-0.2, -0.15) is 0 Å². The standard InChI is InChI=1S/C27H22NO.C20H26NSi.Ir/c1-27(2,3)20-14-15-28-24(17-20)23-11-7-10-22-21-13-12-19(16-25(21)29-26(22)23)18-8-5-4-6-9-18;1-22(2,3)20-15-21-19(17-11-5-4-6-12-17)14-18(20)13-16-9-7-8-10-16;/h4-10,12-17H,1-3H3;4-6,11,14-16H,7-10,13H2,1-3H3;/q2*-1;. The number of hydrogen-bond acceptors (Lipinski definition) is 3. The second kappa shape index (κ2) is 15.8. The van der Waals surface area contributed by atoms with Crippen molar-refractivity contribution in [2.24, 2.45) is 5.92 Å². The van der Waals surface area contributed by atoms with Gasteiger partial charge in [-0.1, -0.05) is 137 Å². The van der Waals surface area contributed by atoms with Crippen molar-refractivity contribution in [3.05, 3.63) is 139 Å². The summed E-state index contributed by atoms with van der Waals surface area (Å²) in [5.41, 5.74) is 10.9. The molecular formula is C47H48IrN2OSi-2. The molecule has 1 aliphatic rings. The Kier molecular flexibility index (Phi) is 11.5. The monoisotopic (exact) mass is 877 g/mol. The van der Waals surface area contributed by atoms with E-state index in [2.05, 4.69) is 143 Å². The van der Waals surface area contributed by atoms with Crippen molar-refractivity contribution in [1.82, 2.24) is 9.97 Å². The van der Waals surface area contributed by atoms with Gasteiger partial charge in [-0.05, 0) is 63.2 Å². The Hall–Kier alpha value is -4.15. The van der Waals surface area contributed by atoms with Crippen LogP contribution in [-0.4, -0.2) is 18.0 Å². The molecule has 0 unspecified atom stereocenters. The average molecular weight is 877 g/mol. The third kappa shape index (κ3) is 8.39. The molecule has 52 heavy (non-hydrogen) atoms. The van der Waals surface area contributed by atoms with E-state index in [4.69, 9.17) is 9.40 Å². The fraction of sp³-hybridized carbons (Fsp3) is 0.277. The van der Waals surface area contributed by atoms with Crippen LogP contribution in [0.1, 0.15) is 57.6 Å². The van der Waals surface area contributed by atoms with E-state index in [0.29, 0.717) is 0 Å². The molecule has 0 N–H and O–H groups in total. The van der Waals surface area contributed by atoms with Gasteiger partial charge in [0.25, 0.3) is 0 Å². The SMILES string of the molecule is CC(C)(C)c1ccnc(-c2[c-]ccc3c2oc2cc(-c4ccccc4)ccc23)c1.C[Si](C)(C)c1cnc(-c2[c-]cccc2)cc1CC1CCCC1.[Ir].